The van der Waals surface area contributed by atoms with Gasteiger partial charge in [-0.25, -0.2) is 19.2 Å². The molecule has 13 heteroatoms. The molecule has 0 bridgehead atoms. The van der Waals surface area contributed by atoms with Gasteiger partial charge in [-0.1, -0.05) is 6.07 Å². The molecule has 33 heavy (non-hydrogen) atoms. The topological polar surface area (TPSA) is 118 Å². The highest BCUT2D eigenvalue weighted by Crippen LogP contribution is 2.33. The number of hydrogen-bond donors (Lipinski definition) is 2. The molecule has 4 rings (SSSR count). The summed E-state index contributed by atoms with van der Waals surface area (Å²) in [5.74, 6) is -2.80. The molecule has 2 N–H and O–H groups in total. The second kappa shape index (κ2) is 10.5. The molecule has 0 spiro atoms. The van der Waals surface area contributed by atoms with Crippen LogP contribution < -0.4 is 10.2 Å². The number of carboxylic acids is 1. The van der Waals surface area contributed by atoms with Crippen LogP contribution in [-0.2, 0) is 20.9 Å². The van der Waals surface area contributed by atoms with E-state index in [1.54, 1.807) is 6.20 Å². The number of carboxylic acid groups (broad SMARTS) is 1. The van der Waals surface area contributed by atoms with E-state index in [1.807, 2.05) is 23.1 Å². The van der Waals surface area contributed by atoms with Crippen molar-refractivity contribution in [1.29, 1.82) is 0 Å². The van der Waals surface area contributed by atoms with Gasteiger partial charge in [-0.15, -0.1) is 0 Å². The first-order valence-electron chi connectivity index (χ1n) is 10.0. The standard InChI is InChI=1S/C18H20FN5O2.C2HF3O2/c19-12-9-22-18(23-10-12)24-8-6-15-14(24)4-5-16(26-15)17(25)21-11-13-3-1-2-7-20-13;3-2(4,5)1(6)7/h1-3,7,9-10,14-16H,4-6,8,11H2,(H,21,25);(H,6,7)/t14-,15-,16+;/m1./s1. The second-order valence-corrected chi connectivity index (χ2v) is 7.33. The van der Waals surface area contributed by atoms with Crippen LogP contribution in [0.25, 0.3) is 0 Å². The number of nitrogens with zero attached hydrogens (tertiary/aromatic N) is 4. The highest BCUT2D eigenvalue weighted by atomic mass is 19.4. The van der Waals surface area contributed by atoms with Crippen molar-refractivity contribution >= 4 is 17.8 Å². The minimum atomic E-state index is -5.08. The van der Waals surface area contributed by atoms with Crippen LogP contribution in [0.3, 0.4) is 0 Å². The lowest BCUT2D eigenvalue weighted by Crippen LogP contribution is -2.48. The number of halogens is 4. The average Bonchev–Trinajstić information content (AvgIpc) is 3.22. The summed E-state index contributed by atoms with van der Waals surface area (Å²) in [5.41, 5.74) is 0.815. The van der Waals surface area contributed by atoms with Crippen LogP contribution in [0.2, 0.25) is 0 Å². The molecule has 0 aromatic carbocycles. The molecule has 4 heterocycles. The molecule has 178 valence electrons. The summed E-state index contributed by atoms with van der Waals surface area (Å²) in [6.45, 7) is 1.13. The quantitative estimate of drug-likeness (QED) is 0.651. The fraction of sp³-hybridized carbons (Fsp3) is 0.450. The van der Waals surface area contributed by atoms with E-state index >= 15 is 0 Å². The van der Waals surface area contributed by atoms with Gasteiger partial charge in [0, 0.05) is 12.7 Å². The smallest absolute Gasteiger partial charge is 0.475 e. The maximum Gasteiger partial charge on any atom is 0.490 e. The summed E-state index contributed by atoms with van der Waals surface area (Å²) in [4.78, 5) is 35.7. The lowest BCUT2D eigenvalue weighted by atomic mass is 9.98. The summed E-state index contributed by atoms with van der Waals surface area (Å²) < 4.78 is 50.8. The Bertz CT molecular complexity index is 946. The third-order valence-corrected chi connectivity index (χ3v) is 5.12. The summed E-state index contributed by atoms with van der Waals surface area (Å²) in [6.07, 6.45) is 0.723. The van der Waals surface area contributed by atoms with Crippen LogP contribution in [0.15, 0.2) is 36.8 Å². The number of aromatic nitrogens is 3. The summed E-state index contributed by atoms with van der Waals surface area (Å²) in [7, 11) is 0. The molecule has 0 saturated carbocycles. The van der Waals surface area contributed by atoms with E-state index in [1.165, 1.54) is 12.4 Å². The number of rotatable bonds is 4. The SMILES string of the molecule is O=C(NCc1ccccn1)[C@@H]1CC[C@@H]2[C@@H](CCN2c2ncc(F)cn2)O1.O=C(O)C(F)(F)F. The third kappa shape index (κ3) is 6.57. The van der Waals surface area contributed by atoms with E-state index in [2.05, 4.69) is 20.3 Å². The number of anilines is 1. The molecule has 0 unspecified atom stereocenters. The molecule has 2 fully saturated rings. The average molecular weight is 471 g/mol. The van der Waals surface area contributed by atoms with Gasteiger partial charge in [0.15, 0.2) is 5.82 Å². The van der Waals surface area contributed by atoms with Crippen molar-refractivity contribution in [2.24, 2.45) is 0 Å². The van der Waals surface area contributed by atoms with Gasteiger partial charge in [0.05, 0.1) is 36.8 Å². The summed E-state index contributed by atoms with van der Waals surface area (Å²) in [6, 6.07) is 5.73. The Kier molecular flexibility index (Phi) is 7.74. The van der Waals surface area contributed by atoms with Gasteiger partial charge >= 0.3 is 12.1 Å². The van der Waals surface area contributed by atoms with E-state index in [4.69, 9.17) is 14.6 Å². The van der Waals surface area contributed by atoms with E-state index in [-0.39, 0.29) is 18.1 Å². The molecule has 2 saturated heterocycles. The molecule has 0 aliphatic carbocycles. The molecule has 2 aliphatic heterocycles. The Hall–Kier alpha value is -3.35. The molecule has 2 aromatic heterocycles. The fourth-order valence-corrected chi connectivity index (χ4v) is 3.62. The zero-order chi connectivity index (χ0) is 24.0. The molecule has 9 nitrogen and oxygen atoms in total. The highest BCUT2D eigenvalue weighted by Gasteiger charge is 2.42. The largest absolute Gasteiger partial charge is 0.490 e. The van der Waals surface area contributed by atoms with Gasteiger partial charge in [-0.3, -0.25) is 9.78 Å². The van der Waals surface area contributed by atoms with Crippen LogP contribution in [-0.4, -0.2) is 62.9 Å². The normalized spacial score (nSPS) is 22.1. The van der Waals surface area contributed by atoms with Crippen molar-refractivity contribution in [2.75, 3.05) is 11.4 Å². The van der Waals surface area contributed by atoms with E-state index in [0.29, 0.717) is 18.9 Å². The zero-order valence-electron chi connectivity index (χ0n) is 17.2. The van der Waals surface area contributed by atoms with Gasteiger partial charge in [0.2, 0.25) is 11.9 Å². The molecule has 3 atom stereocenters. The third-order valence-electron chi connectivity index (χ3n) is 5.12. The maximum absolute atomic E-state index is 13.0. The molecular formula is C20H21F4N5O4. The van der Waals surface area contributed by atoms with Gasteiger partial charge in [-0.2, -0.15) is 13.2 Å². The van der Waals surface area contributed by atoms with Crippen LogP contribution in [0.4, 0.5) is 23.5 Å². The zero-order valence-corrected chi connectivity index (χ0v) is 17.2. The predicted octanol–water partition coefficient (Wildman–Crippen LogP) is 2.09. The van der Waals surface area contributed by atoms with Gasteiger partial charge < -0.3 is 20.1 Å². The Morgan fingerprint density at radius 2 is 1.85 bits per heavy atom. The monoisotopic (exact) mass is 471 g/mol. The number of hydrogen-bond acceptors (Lipinski definition) is 7. The summed E-state index contributed by atoms with van der Waals surface area (Å²) in [5, 5.41) is 10.0. The second-order valence-electron chi connectivity index (χ2n) is 7.33. The van der Waals surface area contributed by atoms with Crippen molar-refractivity contribution in [1.82, 2.24) is 20.3 Å². The number of fused-ring (bicyclic) bond motifs is 1. The van der Waals surface area contributed by atoms with E-state index in [9.17, 15) is 22.4 Å². The first kappa shape index (κ1) is 24.3. The molecule has 1 amide bonds. The number of ether oxygens (including phenoxy) is 1. The van der Waals surface area contributed by atoms with Crippen LogP contribution >= 0.6 is 0 Å². The molecule has 2 aromatic rings. The number of carbonyl (C=O) groups is 2. The Labute approximate surface area is 185 Å². The van der Waals surface area contributed by atoms with Crippen molar-refractivity contribution in [3.63, 3.8) is 0 Å². The lowest BCUT2D eigenvalue weighted by molar-refractivity contribution is -0.192. The number of aliphatic carboxylic acids is 1. The number of pyridine rings is 1. The number of nitrogens with one attached hydrogen (secondary N) is 1. The number of carbonyl (C=O) groups excluding carboxylic acids is 1. The minimum Gasteiger partial charge on any atom is -0.475 e. The molecule has 2 aliphatic rings. The lowest BCUT2D eigenvalue weighted by Gasteiger charge is -2.35. The highest BCUT2D eigenvalue weighted by molar-refractivity contribution is 5.80. The molecular weight excluding hydrogens is 450 g/mol. The first-order chi connectivity index (χ1) is 15.6. The van der Waals surface area contributed by atoms with Crippen molar-refractivity contribution in [3.8, 4) is 0 Å². The fourth-order valence-electron chi connectivity index (χ4n) is 3.62. The number of amides is 1. The van der Waals surface area contributed by atoms with E-state index < -0.39 is 24.1 Å². The minimum absolute atomic E-state index is 0.0389. The first-order valence-corrected chi connectivity index (χ1v) is 10.0. The van der Waals surface area contributed by atoms with Gasteiger partial charge in [0.1, 0.15) is 6.10 Å². The Morgan fingerprint density at radius 1 is 1.15 bits per heavy atom. The van der Waals surface area contributed by atoms with Crippen molar-refractivity contribution in [3.05, 3.63) is 48.3 Å². The van der Waals surface area contributed by atoms with Crippen LogP contribution in [0, 0.1) is 5.82 Å². The predicted molar refractivity (Wildman–Crippen MR) is 105 cm³/mol. The Morgan fingerprint density at radius 3 is 2.45 bits per heavy atom. The van der Waals surface area contributed by atoms with E-state index in [0.717, 1.165) is 25.1 Å². The van der Waals surface area contributed by atoms with Gasteiger partial charge in [-0.05, 0) is 31.4 Å². The number of alkyl halides is 3. The van der Waals surface area contributed by atoms with Crippen molar-refractivity contribution in [2.45, 2.75) is 50.2 Å². The molecule has 0 radical (unpaired) electrons. The van der Waals surface area contributed by atoms with Crippen molar-refractivity contribution < 1.29 is 37.0 Å². The Balaban J connectivity index is 0.000000383. The van der Waals surface area contributed by atoms with Crippen LogP contribution in [0.5, 0.6) is 0 Å². The summed E-state index contributed by atoms with van der Waals surface area (Å²) >= 11 is 0. The maximum atomic E-state index is 13.0. The van der Waals surface area contributed by atoms with Crippen LogP contribution in [0.1, 0.15) is 25.0 Å². The van der Waals surface area contributed by atoms with Gasteiger partial charge in [0.25, 0.3) is 0 Å².